The second-order valence-electron chi connectivity index (χ2n) is 3.69. The minimum Gasteiger partial charge on any atom is -0.459 e. The van der Waals surface area contributed by atoms with Gasteiger partial charge in [0.15, 0.2) is 5.76 Å². The van der Waals surface area contributed by atoms with Gasteiger partial charge in [0.25, 0.3) is 5.89 Å². The van der Waals surface area contributed by atoms with Crippen molar-refractivity contribution < 1.29 is 14.0 Å². The van der Waals surface area contributed by atoms with Crippen LogP contribution in [0.3, 0.4) is 0 Å². The largest absolute Gasteiger partial charge is 0.459 e. The van der Waals surface area contributed by atoms with Gasteiger partial charge in [-0.25, -0.2) is 0 Å². The molecule has 0 aliphatic carbocycles. The lowest BCUT2D eigenvalue weighted by Gasteiger charge is -2.00. The lowest BCUT2D eigenvalue weighted by molar-refractivity contribution is 0.153. The molecular weight excluding hydrogens is 208 g/mol. The van der Waals surface area contributed by atoms with Crippen molar-refractivity contribution in [2.45, 2.75) is 32.8 Å². The molecule has 0 saturated heterocycles. The third kappa shape index (κ3) is 1.99. The van der Waals surface area contributed by atoms with Crippen LogP contribution in [0, 0.1) is 6.92 Å². The topological polar surface area (TPSA) is 72.3 Å². The molecule has 5 nitrogen and oxygen atoms in total. The number of hydrogen-bond acceptors (Lipinski definition) is 5. The van der Waals surface area contributed by atoms with E-state index in [2.05, 4.69) is 10.1 Å². The number of aliphatic hydroxyl groups excluding tert-OH is 1. The van der Waals surface area contributed by atoms with Crippen LogP contribution in [-0.2, 0) is 0 Å². The average Bonchev–Trinajstić information content (AvgIpc) is 2.86. The van der Waals surface area contributed by atoms with Gasteiger partial charge in [0, 0.05) is 5.56 Å². The van der Waals surface area contributed by atoms with E-state index < -0.39 is 6.10 Å². The summed E-state index contributed by atoms with van der Waals surface area (Å²) in [5, 5.41) is 13.4. The Bertz CT molecular complexity index is 461. The number of aryl methyl sites for hydroxylation is 1. The Morgan fingerprint density at radius 1 is 1.50 bits per heavy atom. The maximum Gasteiger partial charge on any atom is 0.293 e. The molecule has 0 aliphatic rings. The second kappa shape index (κ2) is 4.49. The van der Waals surface area contributed by atoms with Crippen molar-refractivity contribution in [3.63, 3.8) is 0 Å². The number of nitrogens with zero attached hydrogens (tertiary/aromatic N) is 2. The van der Waals surface area contributed by atoms with Gasteiger partial charge in [0.05, 0.1) is 6.26 Å². The van der Waals surface area contributed by atoms with E-state index in [1.807, 2.05) is 19.9 Å². The molecule has 16 heavy (non-hydrogen) atoms. The Kier molecular flexibility index (Phi) is 3.05. The van der Waals surface area contributed by atoms with Crippen molar-refractivity contribution in [3.8, 4) is 11.7 Å². The van der Waals surface area contributed by atoms with Crippen molar-refractivity contribution in [3.05, 3.63) is 23.7 Å². The number of aliphatic hydroxyl groups is 1. The van der Waals surface area contributed by atoms with Gasteiger partial charge in [-0.1, -0.05) is 18.5 Å². The van der Waals surface area contributed by atoms with Crippen molar-refractivity contribution in [1.29, 1.82) is 0 Å². The van der Waals surface area contributed by atoms with Crippen LogP contribution >= 0.6 is 0 Å². The van der Waals surface area contributed by atoms with E-state index in [4.69, 9.17) is 8.94 Å². The monoisotopic (exact) mass is 222 g/mol. The Labute approximate surface area is 93.1 Å². The van der Waals surface area contributed by atoms with Crippen LogP contribution in [0.25, 0.3) is 11.7 Å². The van der Waals surface area contributed by atoms with Crippen LogP contribution in [-0.4, -0.2) is 15.2 Å². The van der Waals surface area contributed by atoms with Gasteiger partial charge in [0.1, 0.15) is 6.10 Å². The van der Waals surface area contributed by atoms with Crippen molar-refractivity contribution in [2.24, 2.45) is 0 Å². The van der Waals surface area contributed by atoms with E-state index in [-0.39, 0.29) is 0 Å². The van der Waals surface area contributed by atoms with Gasteiger partial charge in [-0.05, 0) is 19.4 Å². The average molecular weight is 222 g/mol. The zero-order valence-corrected chi connectivity index (χ0v) is 9.30. The molecule has 0 fully saturated rings. The van der Waals surface area contributed by atoms with Crippen LogP contribution in [0.15, 0.2) is 21.3 Å². The predicted octanol–water partition coefficient (Wildman–Crippen LogP) is 2.47. The van der Waals surface area contributed by atoms with E-state index in [0.29, 0.717) is 23.9 Å². The number of rotatable bonds is 4. The molecular formula is C11H14N2O3. The first-order valence-corrected chi connectivity index (χ1v) is 5.28. The zero-order chi connectivity index (χ0) is 11.5. The van der Waals surface area contributed by atoms with Crippen LogP contribution < -0.4 is 0 Å². The van der Waals surface area contributed by atoms with Crippen molar-refractivity contribution in [1.82, 2.24) is 10.1 Å². The molecule has 86 valence electrons. The van der Waals surface area contributed by atoms with E-state index in [1.165, 1.54) is 0 Å². The summed E-state index contributed by atoms with van der Waals surface area (Å²) in [4.78, 5) is 4.11. The molecule has 2 rings (SSSR count). The lowest BCUT2D eigenvalue weighted by Crippen LogP contribution is -1.98. The molecule has 0 spiro atoms. The smallest absolute Gasteiger partial charge is 0.293 e. The first-order chi connectivity index (χ1) is 7.72. The van der Waals surface area contributed by atoms with Crippen LogP contribution in [0.4, 0.5) is 0 Å². The highest BCUT2D eigenvalue weighted by molar-refractivity contribution is 5.49. The minimum absolute atomic E-state index is 0.313. The van der Waals surface area contributed by atoms with Crippen LogP contribution in [0.2, 0.25) is 0 Å². The summed E-state index contributed by atoms with van der Waals surface area (Å²) in [6, 6.07) is 1.82. The van der Waals surface area contributed by atoms with E-state index in [1.54, 1.807) is 6.26 Å². The first kappa shape index (κ1) is 10.9. The highest BCUT2D eigenvalue weighted by atomic mass is 16.5. The van der Waals surface area contributed by atoms with Gasteiger partial charge in [0.2, 0.25) is 5.82 Å². The van der Waals surface area contributed by atoms with E-state index in [9.17, 15) is 5.11 Å². The fourth-order valence-electron chi connectivity index (χ4n) is 1.46. The van der Waals surface area contributed by atoms with Gasteiger partial charge < -0.3 is 14.0 Å². The quantitative estimate of drug-likeness (QED) is 0.860. The Morgan fingerprint density at radius 2 is 2.31 bits per heavy atom. The summed E-state index contributed by atoms with van der Waals surface area (Å²) in [5.74, 6) is 1.18. The fourth-order valence-corrected chi connectivity index (χ4v) is 1.46. The summed E-state index contributed by atoms with van der Waals surface area (Å²) >= 11 is 0. The molecule has 0 radical (unpaired) electrons. The van der Waals surface area contributed by atoms with Crippen molar-refractivity contribution >= 4 is 0 Å². The normalized spacial score (nSPS) is 12.9. The summed E-state index contributed by atoms with van der Waals surface area (Å²) in [6.07, 6.45) is 2.38. The molecule has 5 heteroatoms. The first-order valence-electron chi connectivity index (χ1n) is 5.28. The number of furan rings is 1. The molecule has 1 N–H and O–H groups in total. The molecule has 2 aromatic rings. The van der Waals surface area contributed by atoms with Gasteiger partial charge >= 0.3 is 0 Å². The van der Waals surface area contributed by atoms with Crippen LogP contribution in [0.1, 0.15) is 37.3 Å². The van der Waals surface area contributed by atoms with Gasteiger partial charge in [-0.2, -0.15) is 4.98 Å². The highest BCUT2D eigenvalue weighted by Gasteiger charge is 2.18. The molecule has 0 saturated carbocycles. The SMILES string of the molecule is CCCC(O)c1noc(-c2occc2C)n1. The molecule has 1 atom stereocenters. The summed E-state index contributed by atoms with van der Waals surface area (Å²) in [7, 11) is 0. The third-order valence-corrected chi connectivity index (χ3v) is 2.36. The van der Waals surface area contributed by atoms with Gasteiger partial charge in [-0.15, -0.1) is 0 Å². The summed E-state index contributed by atoms with van der Waals surface area (Å²) in [6.45, 7) is 3.88. The Hall–Kier alpha value is -1.62. The molecule has 2 heterocycles. The van der Waals surface area contributed by atoms with E-state index in [0.717, 1.165) is 12.0 Å². The fraction of sp³-hybridized carbons (Fsp3) is 0.455. The molecule has 1 unspecified atom stereocenters. The van der Waals surface area contributed by atoms with Crippen molar-refractivity contribution in [2.75, 3.05) is 0 Å². The zero-order valence-electron chi connectivity index (χ0n) is 9.30. The summed E-state index contributed by atoms with van der Waals surface area (Å²) < 4.78 is 10.3. The highest BCUT2D eigenvalue weighted by Crippen LogP contribution is 2.24. The molecule has 0 amide bonds. The number of hydrogen-bond donors (Lipinski definition) is 1. The van der Waals surface area contributed by atoms with Crippen LogP contribution in [0.5, 0.6) is 0 Å². The summed E-state index contributed by atoms with van der Waals surface area (Å²) in [5.41, 5.74) is 0.931. The molecule has 0 bridgehead atoms. The Morgan fingerprint density at radius 3 is 2.94 bits per heavy atom. The standard InChI is InChI=1S/C11H14N2O3/c1-3-4-8(14)10-12-11(16-13-10)9-7(2)5-6-15-9/h5-6,8,14H,3-4H2,1-2H3. The molecule has 2 aromatic heterocycles. The molecule has 0 aliphatic heterocycles. The lowest BCUT2D eigenvalue weighted by atomic mass is 10.2. The second-order valence-corrected chi connectivity index (χ2v) is 3.69. The minimum atomic E-state index is -0.669. The Balaban J connectivity index is 2.23. The van der Waals surface area contributed by atoms with E-state index >= 15 is 0 Å². The van der Waals surface area contributed by atoms with Gasteiger partial charge in [-0.3, -0.25) is 0 Å². The number of aromatic nitrogens is 2. The molecule has 0 aromatic carbocycles. The maximum absolute atomic E-state index is 9.69. The third-order valence-electron chi connectivity index (χ3n) is 2.36. The predicted molar refractivity (Wildman–Crippen MR) is 56.6 cm³/mol. The maximum atomic E-state index is 9.69.